The minimum Gasteiger partial charge on any atom is -0.460 e. The summed E-state index contributed by atoms with van der Waals surface area (Å²) in [7, 11) is 0. The molecule has 0 bridgehead atoms. The molecule has 2 aliphatic carbocycles. The number of hydrogen-bond acceptors (Lipinski definition) is 5. The molecule has 0 amide bonds. The van der Waals surface area contributed by atoms with Gasteiger partial charge in [0.15, 0.2) is 0 Å². The van der Waals surface area contributed by atoms with E-state index in [1.165, 1.54) is 0 Å². The maximum atomic E-state index is 12.8. The predicted octanol–water partition coefficient (Wildman–Crippen LogP) is 2.78. The molecule has 6 atom stereocenters. The van der Waals surface area contributed by atoms with E-state index in [1.807, 2.05) is 0 Å². The van der Waals surface area contributed by atoms with Gasteiger partial charge in [-0.2, -0.15) is 0 Å². The number of allylic oxidation sites excluding steroid dienone is 1. The minimum atomic E-state index is -1.04. The van der Waals surface area contributed by atoms with Gasteiger partial charge >= 0.3 is 11.9 Å². The zero-order valence-electron chi connectivity index (χ0n) is 15.5. The second kappa shape index (κ2) is 5.97. The summed E-state index contributed by atoms with van der Waals surface area (Å²) in [6, 6.07) is 0. The number of aliphatic hydroxyl groups is 1. The van der Waals surface area contributed by atoms with Crippen LogP contribution in [0.25, 0.3) is 0 Å². The molecule has 3 aliphatic rings. The summed E-state index contributed by atoms with van der Waals surface area (Å²) in [5.41, 5.74) is -0.205. The van der Waals surface area contributed by atoms with Gasteiger partial charge in [-0.25, -0.2) is 4.79 Å². The van der Waals surface area contributed by atoms with Gasteiger partial charge in [-0.3, -0.25) is 4.79 Å². The Bertz CT molecular complexity index is 632. The molecule has 0 radical (unpaired) electrons. The van der Waals surface area contributed by atoms with Crippen LogP contribution in [0, 0.1) is 22.7 Å². The first-order valence-corrected chi connectivity index (χ1v) is 9.06. The van der Waals surface area contributed by atoms with Gasteiger partial charge in [0.2, 0.25) is 0 Å². The topological polar surface area (TPSA) is 72.8 Å². The minimum absolute atomic E-state index is 0.156. The van der Waals surface area contributed by atoms with Crippen LogP contribution in [0.15, 0.2) is 23.8 Å². The van der Waals surface area contributed by atoms with E-state index < -0.39 is 23.6 Å². The molecule has 5 heteroatoms. The van der Waals surface area contributed by atoms with E-state index in [0.717, 1.165) is 6.42 Å². The van der Waals surface area contributed by atoms with Crippen molar-refractivity contribution in [3.05, 3.63) is 23.8 Å². The fourth-order valence-corrected chi connectivity index (χ4v) is 5.11. The number of ether oxygens (including phenoxy) is 2. The largest absolute Gasteiger partial charge is 0.460 e. The maximum absolute atomic E-state index is 12.8. The van der Waals surface area contributed by atoms with Gasteiger partial charge in [0, 0.05) is 11.5 Å². The summed E-state index contributed by atoms with van der Waals surface area (Å²) >= 11 is 0. The van der Waals surface area contributed by atoms with Gasteiger partial charge in [0.1, 0.15) is 18.1 Å². The summed E-state index contributed by atoms with van der Waals surface area (Å²) in [6.07, 6.45) is 2.39. The average Bonchev–Trinajstić information content (AvgIpc) is 3.01. The van der Waals surface area contributed by atoms with Crippen molar-refractivity contribution in [2.45, 2.75) is 59.2 Å². The van der Waals surface area contributed by atoms with Crippen LogP contribution in [0.1, 0.15) is 47.0 Å². The second-order valence-corrected chi connectivity index (χ2v) is 8.20. The highest BCUT2D eigenvalue weighted by Gasteiger charge is 2.71. The molecule has 1 saturated heterocycles. The summed E-state index contributed by atoms with van der Waals surface area (Å²) in [5, 5.41) is 10.8. The molecule has 2 saturated carbocycles. The molecule has 25 heavy (non-hydrogen) atoms. The van der Waals surface area contributed by atoms with Gasteiger partial charge in [-0.1, -0.05) is 26.5 Å². The van der Waals surface area contributed by atoms with Crippen molar-refractivity contribution in [1.82, 2.24) is 0 Å². The standard InChI is InChI=1S/C20H28O5/c1-6-11(2)17(22)25-16-15-14(21)8-7-12(3)19(15,5)10-20(16)13(4)9-24-18(20)23/h6,12,14-16,21H,4,7-10H2,1-3,5H3. The van der Waals surface area contributed by atoms with E-state index in [-0.39, 0.29) is 23.9 Å². The molecular weight excluding hydrogens is 320 g/mol. The van der Waals surface area contributed by atoms with E-state index >= 15 is 0 Å². The number of rotatable bonds is 2. The van der Waals surface area contributed by atoms with Crippen molar-refractivity contribution in [3.63, 3.8) is 0 Å². The Morgan fingerprint density at radius 3 is 2.68 bits per heavy atom. The molecule has 6 unspecified atom stereocenters. The average molecular weight is 348 g/mol. The highest BCUT2D eigenvalue weighted by molar-refractivity contribution is 5.90. The number of hydrogen-bond donors (Lipinski definition) is 1. The van der Waals surface area contributed by atoms with Crippen LogP contribution >= 0.6 is 0 Å². The Morgan fingerprint density at radius 1 is 1.44 bits per heavy atom. The molecule has 0 aromatic rings. The summed E-state index contributed by atoms with van der Waals surface area (Å²) in [6.45, 7) is 11.9. The number of aliphatic hydroxyl groups excluding tert-OH is 1. The molecule has 3 fully saturated rings. The van der Waals surface area contributed by atoms with Crippen LogP contribution in [-0.2, 0) is 19.1 Å². The van der Waals surface area contributed by atoms with E-state index in [4.69, 9.17) is 9.47 Å². The Balaban J connectivity index is 2.10. The molecule has 1 heterocycles. The van der Waals surface area contributed by atoms with E-state index in [9.17, 15) is 14.7 Å². The second-order valence-electron chi connectivity index (χ2n) is 8.20. The molecule has 5 nitrogen and oxygen atoms in total. The number of cyclic esters (lactones) is 1. The van der Waals surface area contributed by atoms with E-state index in [2.05, 4.69) is 20.4 Å². The van der Waals surface area contributed by atoms with Crippen LogP contribution in [0.5, 0.6) is 0 Å². The fraction of sp³-hybridized carbons (Fsp3) is 0.700. The third-order valence-corrected chi connectivity index (χ3v) is 7.03. The lowest BCUT2D eigenvalue weighted by Gasteiger charge is -2.45. The van der Waals surface area contributed by atoms with Crippen molar-refractivity contribution in [1.29, 1.82) is 0 Å². The lowest BCUT2D eigenvalue weighted by Crippen LogP contribution is -2.49. The monoisotopic (exact) mass is 348 g/mol. The molecule has 0 aromatic carbocycles. The Morgan fingerprint density at radius 2 is 2.12 bits per heavy atom. The van der Waals surface area contributed by atoms with E-state index in [1.54, 1.807) is 19.9 Å². The van der Waals surface area contributed by atoms with Crippen LogP contribution < -0.4 is 0 Å². The zero-order valence-corrected chi connectivity index (χ0v) is 15.5. The van der Waals surface area contributed by atoms with Crippen LogP contribution in [0.3, 0.4) is 0 Å². The lowest BCUT2D eigenvalue weighted by molar-refractivity contribution is -0.165. The molecule has 1 aliphatic heterocycles. The van der Waals surface area contributed by atoms with Crippen molar-refractivity contribution in [2.24, 2.45) is 22.7 Å². The summed E-state index contributed by atoms with van der Waals surface area (Å²) in [4.78, 5) is 25.3. The van der Waals surface area contributed by atoms with Crippen molar-refractivity contribution >= 4 is 11.9 Å². The lowest BCUT2D eigenvalue weighted by atomic mass is 9.62. The fourth-order valence-electron chi connectivity index (χ4n) is 5.11. The zero-order chi connectivity index (χ0) is 18.6. The Kier molecular flexibility index (Phi) is 4.34. The smallest absolute Gasteiger partial charge is 0.333 e. The van der Waals surface area contributed by atoms with Gasteiger partial charge in [-0.15, -0.1) is 0 Å². The molecule has 1 spiro atoms. The first kappa shape index (κ1) is 18.2. The van der Waals surface area contributed by atoms with Crippen LogP contribution in [-0.4, -0.2) is 35.9 Å². The number of esters is 2. The van der Waals surface area contributed by atoms with Gasteiger partial charge in [0.05, 0.1) is 6.10 Å². The first-order valence-electron chi connectivity index (χ1n) is 9.06. The van der Waals surface area contributed by atoms with Crippen molar-refractivity contribution in [2.75, 3.05) is 6.61 Å². The van der Waals surface area contributed by atoms with Crippen LogP contribution in [0.4, 0.5) is 0 Å². The first-order chi connectivity index (χ1) is 11.7. The summed E-state index contributed by atoms with van der Waals surface area (Å²) in [5.74, 6) is -0.810. The molecule has 0 aromatic heterocycles. The van der Waals surface area contributed by atoms with Crippen molar-refractivity contribution in [3.8, 4) is 0 Å². The Labute approximate surface area is 149 Å². The maximum Gasteiger partial charge on any atom is 0.333 e. The number of carbonyl (C=O) groups excluding carboxylic acids is 2. The van der Waals surface area contributed by atoms with E-state index in [0.29, 0.717) is 29.9 Å². The van der Waals surface area contributed by atoms with Crippen LogP contribution in [0.2, 0.25) is 0 Å². The third-order valence-electron chi connectivity index (χ3n) is 7.03. The number of fused-ring (bicyclic) bond motifs is 1. The summed E-state index contributed by atoms with van der Waals surface area (Å²) < 4.78 is 11.2. The third kappa shape index (κ3) is 2.39. The molecule has 1 N–H and O–H groups in total. The van der Waals surface area contributed by atoms with Gasteiger partial charge in [0.25, 0.3) is 0 Å². The highest BCUT2D eigenvalue weighted by atomic mass is 16.6. The van der Waals surface area contributed by atoms with Gasteiger partial charge < -0.3 is 14.6 Å². The normalized spacial score (nSPS) is 44.0. The molecule has 3 rings (SSSR count). The highest BCUT2D eigenvalue weighted by Crippen LogP contribution is 2.65. The predicted molar refractivity (Wildman–Crippen MR) is 92.5 cm³/mol. The Hall–Kier alpha value is -1.62. The van der Waals surface area contributed by atoms with Crippen molar-refractivity contribution < 1.29 is 24.2 Å². The SMILES string of the molecule is C=C1COC(=O)C12CC1(C)C(C)CCC(O)C1C2OC(=O)C(C)=CC. The quantitative estimate of drug-likeness (QED) is 0.472. The molecular formula is C20H28O5. The van der Waals surface area contributed by atoms with Gasteiger partial charge in [-0.05, 0) is 50.0 Å². The molecule has 138 valence electrons. The number of carbonyl (C=O) groups is 2.